The van der Waals surface area contributed by atoms with Crippen LogP contribution in [0.1, 0.15) is 12.8 Å². The van der Waals surface area contributed by atoms with Gasteiger partial charge in [0, 0.05) is 22.2 Å². The molecule has 136 valence electrons. The quantitative estimate of drug-likeness (QED) is 0.357. The number of halogens is 1. The van der Waals surface area contributed by atoms with Gasteiger partial charge in [-0.05, 0) is 42.8 Å². The lowest BCUT2D eigenvalue weighted by molar-refractivity contribution is -0.143. The van der Waals surface area contributed by atoms with Gasteiger partial charge in [-0.25, -0.2) is 4.79 Å². The maximum atomic E-state index is 12.0. The molecule has 5 nitrogen and oxygen atoms in total. The van der Waals surface area contributed by atoms with Crippen LogP contribution >= 0.6 is 23.4 Å². The maximum absolute atomic E-state index is 12.0. The van der Waals surface area contributed by atoms with Gasteiger partial charge < -0.3 is 9.72 Å². The Morgan fingerprint density at radius 3 is 2.73 bits per heavy atom. The van der Waals surface area contributed by atoms with E-state index in [0.29, 0.717) is 36.8 Å². The summed E-state index contributed by atoms with van der Waals surface area (Å²) < 4.78 is 6.92. The Kier molecular flexibility index (Phi) is 6.41. The molecule has 0 aliphatic heterocycles. The molecule has 1 heterocycles. The highest BCUT2D eigenvalue weighted by atomic mass is 35.5. The smallest absolute Gasteiger partial charge is 0.326 e. The minimum absolute atomic E-state index is 0.142. The number of fused-ring (bicyclic) bond motifs is 1. The van der Waals surface area contributed by atoms with Gasteiger partial charge in [-0.2, -0.15) is 0 Å². The topological polar surface area (TPSA) is 64.1 Å². The van der Waals surface area contributed by atoms with Crippen LogP contribution in [-0.2, 0) is 16.1 Å². The van der Waals surface area contributed by atoms with Crippen molar-refractivity contribution in [2.75, 3.05) is 12.4 Å². The molecule has 0 atom stereocenters. The van der Waals surface area contributed by atoms with E-state index in [1.165, 1.54) is 0 Å². The van der Waals surface area contributed by atoms with E-state index in [2.05, 4.69) is 4.98 Å². The molecule has 0 saturated heterocycles. The molecule has 0 unspecified atom stereocenters. The summed E-state index contributed by atoms with van der Waals surface area (Å²) in [4.78, 5) is 27.6. The lowest BCUT2D eigenvalue weighted by Crippen LogP contribution is -2.18. The van der Waals surface area contributed by atoms with Crippen molar-refractivity contribution in [1.82, 2.24) is 9.55 Å². The number of para-hydroxylation sites is 2. The van der Waals surface area contributed by atoms with Gasteiger partial charge in [0.1, 0.15) is 0 Å². The summed E-state index contributed by atoms with van der Waals surface area (Å²) in [6, 6.07) is 15.0. The zero-order chi connectivity index (χ0) is 18.4. The number of imidazole rings is 1. The van der Waals surface area contributed by atoms with Crippen LogP contribution < -0.4 is 5.69 Å². The Labute approximate surface area is 160 Å². The third kappa shape index (κ3) is 4.93. The fourth-order valence-electron chi connectivity index (χ4n) is 2.59. The van der Waals surface area contributed by atoms with Gasteiger partial charge in [-0.1, -0.05) is 23.7 Å². The summed E-state index contributed by atoms with van der Waals surface area (Å²) >= 11 is 7.43. The summed E-state index contributed by atoms with van der Waals surface area (Å²) in [6.07, 6.45) is 0.943. The first-order valence-corrected chi connectivity index (χ1v) is 9.71. The van der Waals surface area contributed by atoms with E-state index in [0.717, 1.165) is 15.9 Å². The maximum Gasteiger partial charge on any atom is 0.326 e. The highest BCUT2D eigenvalue weighted by molar-refractivity contribution is 7.99. The number of hydrogen-bond acceptors (Lipinski definition) is 4. The Bertz CT molecular complexity index is 934. The van der Waals surface area contributed by atoms with Gasteiger partial charge in [0.05, 0.1) is 24.1 Å². The van der Waals surface area contributed by atoms with E-state index >= 15 is 0 Å². The fraction of sp³-hybridized carbons (Fsp3) is 0.263. The van der Waals surface area contributed by atoms with Crippen molar-refractivity contribution in [2.45, 2.75) is 24.3 Å². The number of carbonyl (C=O) groups excluding carboxylic acids is 1. The fourth-order valence-corrected chi connectivity index (χ4v) is 3.55. The van der Waals surface area contributed by atoms with Crippen LogP contribution in [0.25, 0.3) is 11.0 Å². The first-order chi connectivity index (χ1) is 12.6. The number of carbonyl (C=O) groups is 1. The first-order valence-electron chi connectivity index (χ1n) is 8.35. The van der Waals surface area contributed by atoms with Crippen molar-refractivity contribution in [3.8, 4) is 0 Å². The van der Waals surface area contributed by atoms with Crippen LogP contribution in [0.4, 0.5) is 0 Å². The third-order valence-electron chi connectivity index (χ3n) is 3.86. The number of esters is 1. The van der Waals surface area contributed by atoms with Crippen LogP contribution in [-0.4, -0.2) is 27.9 Å². The number of nitrogens with one attached hydrogen (secondary N) is 1. The van der Waals surface area contributed by atoms with Crippen molar-refractivity contribution in [3.63, 3.8) is 0 Å². The van der Waals surface area contributed by atoms with Crippen LogP contribution in [0, 0.1) is 0 Å². The number of nitrogens with zero attached hydrogens (tertiary/aromatic N) is 1. The molecule has 3 rings (SSSR count). The average molecular weight is 391 g/mol. The molecule has 0 spiro atoms. The van der Waals surface area contributed by atoms with E-state index in [4.69, 9.17) is 16.3 Å². The zero-order valence-electron chi connectivity index (χ0n) is 14.1. The Morgan fingerprint density at radius 1 is 1.15 bits per heavy atom. The molecule has 0 aliphatic carbocycles. The normalized spacial score (nSPS) is 11.0. The highest BCUT2D eigenvalue weighted by Crippen LogP contribution is 2.21. The Hall–Kier alpha value is -2.18. The number of ether oxygens (including phenoxy) is 1. The molecule has 0 fully saturated rings. The SMILES string of the molecule is O=C(CCSc1ccc(Cl)cc1)OCCCn1c(=O)[nH]c2ccccc21. The molecule has 0 aliphatic rings. The van der Waals surface area contributed by atoms with Crippen molar-refractivity contribution in [3.05, 3.63) is 64.0 Å². The molecule has 1 N–H and O–H groups in total. The van der Waals surface area contributed by atoms with E-state index in [1.807, 2.05) is 48.5 Å². The monoisotopic (exact) mass is 390 g/mol. The van der Waals surface area contributed by atoms with Crippen molar-refractivity contribution in [2.24, 2.45) is 0 Å². The van der Waals surface area contributed by atoms with Crippen molar-refractivity contribution < 1.29 is 9.53 Å². The molecular weight excluding hydrogens is 372 g/mol. The molecule has 0 saturated carbocycles. The standard InChI is InChI=1S/C19H19ClN2O3S/c20-14-6-8-15(9-7-14)26-13-10-18(23)25-12-3-11-22-17-5-2-1-4-16(17)21-19(22)24/h1-2,4-9H,3,10-13H2,(H,21,24). The summed E-state index contributed by atoms with van der Waals surface area (Å²) in [5, 5.41) is 0.697. The number of benzene rings is 2. The Morgan fingerprint density at radius 2 is 1.92 bits per heavy atom. The van der Waals surface area contributed by atoms with Crippen LogP contribution in [0.2, 0.25) is 5.02 Å². The largest absolute Gasteiger partial charge is 0.466 e. The lowest BCUT2D eigenvalue weighted by atomic mass is 10.3. The number of aryl methyl sites for hydroxylation is 1. The van der Waals surface area contributed by atoms with E-state index in [-0.39, 0.29) is 11.7 Å². The summed E-state index contributed by atoms with van der Waals surface area (Å²) in [5.74, 6) is 0.431. The molecule has 1 aromatic heterocycles. The molecular formula is C19H19ClN2O3S. The predicted molar refractivity (Wildman–Crippen MR) is 105 cm³/mol. The highest BCUT2D eigenvalue weighted by Gasteiger charge is 2.07. The van der Waals surface area contributed by atoms with Crippen LogP contribution in [0.5, 0.6) is 0 Å². The molecule has 26 heavy (non-hydrogen) atoms. The van der Waals surface area contributed by atoms with Gasteiger partial charge >= 0.3 is 11.7 Å². The minimum atomic E-state index is -0.224. The molecule has 0 amide bonds. The summed E-state index contributed by atoms with van der Waals surface area (Å²) in [5.41, 5.74) is 1.54. The summed E-state index contributed by atoms with van der Waals surface area (Å²) in [6.45, 7) is 0.812. The molecule has 2 aromatic carbocycles. The van der Waals surface area contributed by atoms with E-state index in [1.54, 1.807) is 16.3 Å². The second-order valence-electron chi connectivity index (χ2n) is 5.73. The number of rotatable bonds is 8. The summed E-state index contributed by atoms with van der Waals surface area (Å²) in [7, 11) is 0. The average Bonchev–Trinajstić information content (AvgIpc) is 2.96. The van der Waals surface area contributed by atoms with Gasteiger partial charge in [0.2, 0.25) is 0 Å². The van der Waals surface area contributed by atoms with Crippen LogP contribution in [0.15, 0.2) is 58.2 Å². The predicted octanol–water partition coefficient (Wildman–Crippen LogP) is 4.10. The molecule has 0 radical (unpaired) electrons. The van der Waals surface area contributed by atoms with E-state index < -0.39 is 0 Å². The van der Waals surface area contributed by atoms with E-state index in [9.17, 15) is 9.59 Å². The second-order valence-corrected chi connectivity index (χ2v) is 7.33. The van der Waals surface area contributed by atoms with Crippen LogP contribution in [0.3, 0.4) is 0 Å². The van der Waals surface area contributed by atoms with Gasteiger partial charge in [-0.15, -0.1) is 11.8 Å². The van der Waals surface area contributed by atoms with Gasteiger partial charge in [-0.3, -0.25) is 9.36 Å². The number of hydrogen-bond donors (Lipinski definition) is 1. The number of H-pyrrole nitrogens is 1. The molecule has 7 heteroatoms. The number of aromatic amines is 1. The van der Waals surface area contributed by atoms with Crippen molar-refractivity contribution in [1.29, 1.82) is 0 Å². The second kappa shape index (κ2) is 8.96. The van der Waals surface area contributed by atoms with Crippen molar-refractivity contribution >= 4 is 40.4 Å². The molecule has 3 aromatic rings. The first kappa shape index (κ1) is 18.6. The zero-order valence-corrected chi connectivity index (χ0v) is 15.7. The molecule has 0 bridgehead atoms. The lowest BCUT2D eigenvalue weighted by Gasteiger charge is -2.06. The Balaban J connectivity index is 1.38. The van der Waals surface area contributed by atoms with Gasteiger partial charge in [0.25, 0.3) is 0 Å². The minimum Gasteiger partial charge on any atom is -0.466 e. The third-order valence-corrected chi connectivity index (χ3v) is 5.12. The number of thioether (sulfide) groups is 1. The number of aromatic nitrogens is 2. The van der Waals surface area contributed by atoms with Gasteiger partial charge in [0.15, 0.2) is 0 Å².